The van der Waals surface area contributed by atoms with Crippen molar-refractivity contribution >= 4 is 5.91 Å². The van der Waals surface area contributed by atoms with E-state index in [1.807, 2.05) is 24.8 Å². The molecule has 0 aromatic heterocycles. The predicted molar refractivity (Wildman–Crippen MR) is 122 cm³/mol. The van der Waals surface area contributed by atoms with Crippen molar-refractivity contribution in [3.05, 3.63) is 23.8 Å². The van der Waals surface area contributed by atoms with Gasteiger partial charge in [0.2, 0.25) is 12.2 Å². The van der Waals surface area contributed by atoms with E-state index >= 15 is 0 Å². The lowest BCUT2D eigenvalue weighted by atomic mass is 9.70. The van der Waals surface area contributed by atoms with Crippen LogP contribution in [0.3, 0.4) is 0 Å². The minimum atomic E-state index is -1.52. The Bertz CT molecular complexity index is 953. The molecule has 0 saturated carbocycles. The zero-order valence-corrected chi connectivity index (χ0v) is 20.2. The van der Waals surface area contributed by atoms with E-state index in [-0.39, 0.29) is 30.0 Å². The number of aliphatic hydroxyl groups is 4. The van der Waals surface area contributed by atoms with E-state index in [0.717, 1.165) is 18.4 Å². The smallest absolute Gasteiger partial charge is 0.229 e. The molecule has 1 amide bonds. The second-order valence-corrected chi connectivity index (χ2v) is 10.7. The summed E-state index contributed by atoms with van der Waals surface area (Å²) in [5, 5.41) is 39.7. The van der Waals surface area contributed by atoms with Gasteiger partial charge in [-0.25, -0.2) is 0 Å². The first-order chi connectivity index (χ1) is 16.6. The molecule has 4 heterocycles. The van der Waals surface area contributed by atoms with Gasteiger partial charge in [0.1, 0.15) is 41.5 Å². The first-order valence-corrected chi connectivity index (χ1v) is 12.3. The fraction of sp³-hybridized carbons (Fsp3) is 0.720. The molecule has 4 N–H and O–H groups in total. The molecule has 0 bridgehead atoms. The minimum Gasteiger partial charge on any atom is -0.487 e. The molecular weight excluding hydrogens is 458 g/mol. The monoisotopic (exact) mass is 493 g/mol. The van der Waals surface area contributed by atoms with Gasteiger partial charge in [-0.15, -0.1) is 0 Å². The lowest BCUT2D eigenvalue weighted by Crippen LogP contribution is -2.60. The Labute approximate surface area is 204 Å². The summed E-state index contributed by atoms with van der Waals surface area (Å²) < 4.78 is 24.3. The van der Waals surface area contributed by atoms with Crippen LogP contribution < -0.4 is 9.47 Å². The molecule has 0 aliphatic carbocycles. The largest absolute Gasteiger partial charge is 0.487 e. The number of fused-ring (bicyclic) bond motifs is 4. The average molecular weight is 494 g/mol. The maximum absolute atomic E-state index is 11.9. The number of rotatable bonds is 3. The topological polar surface area (TPSA) is 138 Å². The van der Waals surface area contributed by atoms with Crippen molar-refractivity contribution in [2.24, 2.45) is 11.8 Å². The van der Waals surface area contributed by atoms with Gasteiger partial charge in [0.15, 0.2) is 0 Å². The number of benzene rings is 1. The third-order valence-corrected chi connectivity index (χ3v) is 8.01. The lowest BCUT2D eigenvalue weighted by Gasteiger charge is -2.53. The van der Waals surface area contributed by atoms with E-state index in [2.05, 4.69) is 0 Å². The zero-order valence-electron chi connectivity index (χ0n) is 20.2. The highest BCUT2D eigenvalue weighted by atomic mass is 16.7. The molecule has 1 aromatic rings. The molecule has 3 saturated heterocycles. The zero-order chi connectivity index (χ0) is 25.1. The van der Waals surface area contributed by atoms with Crippen LogP contribution in [0.4, 0.5) is 0 Å². The van der Waals surface area contributed by atoms with Crippen LogP contribution in [0.1, 0.15) is 45.3 Å². The van der Waals surface area contributed by atoms with Gasteiger partial charge in [0.25, 0.3) is 0 Å². The highest BCUT2D eigenvalue weighted by Gasteiger charge is 2.52. The van der Waals surface area contributed by atoms with Crippen LogP contribution in [0.15, 0.2) is 18.2 Å². The van der Waals surface area contributed by atoms with Gasteiger partial charge in [-0.1, -0.05) is 0 Å². The second kappa shape index (κ2) is 9.17. The maximum Gasteiger partial charge on any atom is 0.229 e. The number of nitrogens with zero attached hydrogens (tertiary/aromatic N) is 1. The summed E-state index contributed by atoms with van der Waals surface area (Å²) in [5.41, 5.74) is 0.394. The minimum absolute atomic E-state index is 0.0821. The highest BCUT2D eigenvalue weighted by Crippen LogP contribution is 2.53. The predicted octanol–water partition coefficient (Wildman–Crippen LogP) is 0.351. The fourth-order valence-electron chi connectivity index (χ4n) is 5.94. The van der Waals surface area contributed by atoms with Gasteiger partial charge in [0.05, 0.1) is 18.8 Å². The Morgan fingerprint density at radius 1 is 1.17 bits per heavy atom. The molecule has 4 aliphatic heterocycles. The summed E-state index contributed by atoms with van der Waals surface area (Å²) in [7, 11) is 0. The number of ether oxygens (including phenoxy) is 4. The van der Waals surface area contributed by atoms with E-state index in [1.54, 1.807) is 19.1 Å². The van der Waals surface area contributed by atoms with Gasteiger partial charge in [-0.3, -0.25) is 4.79 Å². The number of piperidine rings is 1. The number of likely N-dealkylation sites (tertiary alicyclic amines) is 1. The summed E-state index contributed by atoms with van der Waals surface area (Å²) in [6, 6.07) is 5.32. The molecular formula is C25H35NO9. The van der Waals surface area contributed by atoms with Crippen LogP contribution in [0, 0.1) is 11.8 Å². The maximum atomic E-state index is 11.9. The molecule has 3 fully saturated rings. The summed E-state index contributed by atoms with van der Waals surface area (Å²) in [6.07, 6.45) is -5.15. The van der Waals surface area contributed by atoms with E-state index in [1.165, 1.54) is 0 Å². The highest BCUT2D eigenvalue weighted by molar-refractivity contribution is 5.73. The third-order valence-electron chi connectivity index (χ3n) is 8.01. The summed E-state index contributed by atoms with van der Waals surface area (Å²) in [5.74, 6) is 1.44. The molecule has 0 radical (unpaired) electrons. The number of carbonyl (C=O) groups is 1. The molecule has 0 unspecified atom stereocenters. The van der Waals surface area contributed by atoms with Gasteiger partial charge in [-0.05, 0) is 38.8 Å². The Kier molecular flexibility index (Phi) is 6.48. The van der Waals surface area contributed by atoms with Crippen LogP contribution in [-0.4, -0.2) is 93.3 Å². The molecule has 0 spiro atoms. The standard InChI is InChI=1S/C25H35NO9/c1-12(28)26-7-6-17-13(10-26)8-16-23(33-17)15-5-4-14(9-18(15)35-25(16,2)3)32-24-22(31)21(30)20(29)19(11-27)34-24/h4-5,9,13,16-17,19-24,27,29-31H,6-8,10-11H2,1-3H3/t13-,16+,17+,19+,20+,21-,22+,23-,24+/m0/s1. The van der Waals surface area contributed by atoms with Gasteiger partial charge in [-0.2, -0.15) is 0 Å². The van der Waals surface area contributed by atoms with Crippen LogP contribution in [0.25, 0.3) is 0 Å². The van der Waals surface area contributed by atoms with E-state index in [0.29, 0.717) is 24.6 Å². The quantitative estimate of drug-likeness (QED) is 0.470. The summed E-state index contributed by atoms with van der Waals surface area (Å²) >= 11 is 0. The molecule has 10 nitrogen and oxygen atoms in total. The third kappa shape index (κ3) is 4.41. The first kappa shape index (κ1) is 24.7. The number of hydrogen-bond donors (Lipinski definition) is 4. The number of amides is 1. The Morgan fingerprint density at radius 2 is 1.94 bits per heavy atom. The van der Waals surface area contributed by atoms with Crippen molar-refractivity contribution in [2.45, 2.75) is 82.1 Å². The van der Waals surface area contributed by atoms with E-state index in [9.17, 15) is 25.2 Å². The van der Waals surface area contributed by atoms with Crippen molar-refractivity contribution in [3.63, 3.8) is 0 Å². The van der Waals surface area contributed by atoms with E-state index in [4.69, 9.17) is 18.9 Å². The fourth-order valence-corrected chi connectivity index (χ4v) is 5.94. The molecule has 35 heavy (non-hydrogen) atoms. The molecule has 194 valence electrons. The van der Waals surface area contributed by atoms with Crippen molar-refractivity contribution < 1.29 is 44.2 Å². The van der Waals surface area contributed by atoms with Gasteiger partial charge < -0.3 is 44.3 Å². The number of aliphatic hydroxyl groups excluding tert-OH is 4. The van der Waals surface area contributed by atoms with Crippen molar-refractivity contribution in [1.29, 1.82) is 0 Å². The molecule has 10 heteroatoms. The first-order valence-electron chi connectivity index (χ1n) is 12.3. The molecule has 1 aromatic carbocycles. The normalized spacial score (nSPS) is 40.1. The van der Waals surface area contributed by atoms with Gasteiger partial charge >= 0.3 is 0 Å². The van der Waals surface area contributed by atoms with Crippen LogP contribution in [0.5, 0.6) is 11.5 Å². The lowest BCUT2D eigenvalue weighted by molar-refractivity contribution is -0.277. The Hall–Kier alpha value is -1.95. The van der Waals surface area contributed by atoms with E-state index < -0.39 is 42.9 Å². The molecule has 5 rings (SSSR count). The SMILES string of the molecule is CC(=O)N1CC[C@H]2O[C@H]3c4ccc(O[C@@H]5O[C@H](CO)[C@@H](O)[C@H](O)[C@H]5O)cc4OC(C)(C)[C@@H]3C[C@H]2C1. The van der Waals surface area contributed by atoms with Crippen molar-refractivity contribution in [2.75, 3.05) is 19.7 Å². The van der Waals surface area contributed by atoms with Crippen LogP contribution in [-0.2, 0) is 14.3 Å². The Morgan fingerprint density at radius 3 is 2.66 bits per heavy atom. The van der Waals surface area contributed by atoms with Crippen LogP contribution in [0.2, 0.25) is 0 Å². The van der Waals surface area contributed by atoms with Gasteiger partial charge in [0, 0.05) is 43.5 Å². The van der Waals surface area contributed by atoms with Crippen molar-refractivity contribution in [3.8, 4) is 11.5 Å². The molecule has 9 atom stereocenters. The number of carbonyl (C=O) groups excluding carboxylic acids is 1. The molecule has 4 aliphatic rings. The average Bonchev–Trinajstić information content (AvgIpc) is 2.82. The second-order valence-electron chi connectivity index (χ2n) is 10.7. The Balaban J connectivity index is 1.36. The number of hydrogen-bond acceptors (Lipinski definition) is 9. The summed E-state index contributed by atoms with van der Waals surface area (Å²) in [4.78, 5) is 13.8. The van der Waals surface area contributed by atoms with Crippen LogP contribution >= 0.6 is 0 Å². The summed E-state index contributed by atoms with van der Waals surface area (Å²) in [6.45, 7) is 6.56. The van der Waals surface area contributed by atoms with Crippen molar-refractivity contribution in [1.82, 2.24) is 4.90 Å².